The van der Waals surface area contributed by atoms with Crippen molar-refractivity contribution >= 4 is 62.5 Å². The van der Waals surface area contributed by atoms with Crippen molar-refractivity contribution in [2.45, 2.75) is 0 Å². The maximum Gasteiger partial charge on any atom is 0.263 e. The highest BCUT2D eigenvalue weighted by atomic mass is 32.2. The first-order valence-electron chi connectivity index (χ1n) is 6.88. The van der Waals surface area contributed by atoms with E-state index in [0.717, 1.165) is 27.0 Å². The third-order valence-corrected chi connectivity index (χ3v) is 5.47. The summed E-state index contributed by atoms with van der Waals surface area (Å²) in [6.07, 6.45) is 1.87. The number of carbonyl (C=O) groups is 1. The second kappa shape index (κ2) is 5.88. The number of rotatable bonds is 2. The lowest BCUT2D eigenvalue weighted by molar-refractivity contribution is -0.115. The quantitative estimate of drug-likeness (QED) is 0.545. The van der Waals surface area contributed by atoms with Crippen molar-refractivity contribution in [2.75, 3.05) is 0 Å². The number of hydrogen-bond acceptors (Lipinski definition) is 5. The van der Waals surface area contributed by atoms with Gasteiger partial charge < -0.3 is 5.32 Å². The van der Waals surface area contributed by atoms with Crippen molar-refractivity contribution in [3.05, 3.63) is 57.6 Å². The number of nitrogens with zero attached hydrogens (tertiary/aromatic N) is 1. The van der Waals surface area contributed by atoms with E-state index in [1.807, 2.05) is 42.5 Å². The van der Waals surface area contributed by atoms with E-state index >= 15 is 0 Å². The van der Waals surface area contributed by atoms with E-state index < -0.39 is 0 Å². The SMILES string of the molecule is O=C1NC(=S)S/C1=C\c1cc(-c2ccc3ccccc3n2)cs1. The van der Waals surface area contributed by atoms with Crippen LogP contribution in [0.4, 0.5) is 0 Å². The molecule has 112 valence electrons. The smallest absolute Gasteiger partial charge is 0.263 e. The minimum Gasteiger partial charge on any atom is -0.307 e. The van der Waals surface area contributed by atoms with Crippen LogP contribution < -0.4 is 5.32 Å². The number of nitrogens with one attached hydrogen (secondary N) is 1. The summed E-state index contributed by atoms with van der Waals surface area (Å²) >= 11 is 7.88. The molecule has 6 heteroatoms. The zero-order chi connectivity index (χ0) is 15.8. The number of amides is 1. The summed E-state index contributed by atoms with van der Waals surface area (Å²) in [5.41, 5.74) is 2.97. The Morgan fingerprint density at radius 1 is 1.17 bits per heavy atom. The van der Waals surface area contributed by atoms with Crippen LogP contribution in [0.2, 0.25) is 0 Å². The summed E-state index contributed by atoms with van der Waals surface area (Å²) < 4.78 is 0.509. The number of thiophene rings is 1. The Morgan fingerprint density at radius 3 is 2.87 bits per heavy atom. The lowest BCUT2D eigenvalue weighted by atomic mass is 10.1. The van der Waals surface area contributed by atoms with Gasteiger partial charge in [-0.2, -0.15) is 0 Å². The highest BCUT2D eigenvalue weighted by Crippen LogP contribution is 2.31. The Labute approximate surface area is 146 Å². The maximum absolute atomic E-state index is 11.7. The van der Waals surface area contributed by atoms with Crippen LogP contribution in [0.25, 0.3) is 28.2 Å². The molecule has 3 nitrogen and oxygen atoms in total. The maximum atomic E-state index is 11.7. The van der Waals surface area contributed by atoms with Crippen LogP contribution in [0.3, 0.4) is 0 Å². The first-order chi connectivity index (χ1) is 11.2. The zero-order valence-electron chi connectivity index (χ0n) is 11.8. The summed E-state index contributed by atoms with van der Waals surface area (Å²) in [6, 6.07) is 14.2. The van der Waals surface area contributed by atoms with Crippen molar-refractivity contribution in [1.29, 1.82) is 0 Å². The Hall–Kier alpha value is -2.02. The molecule has 0 saturated carbocycles. The first-order valence-corrected chi connectivity index (χ1v) is 8.99. The molecule has 3 heterocycles. The van der Waals surface area contributed by atoms with Gasteiger partial charge in [0.15, 0.2) is 0 Å². The van der Waals surface area contributed by atoms with E-state index in [9.17, 15) is 4.79 Å². The van der Waals surface area contributed by atoms with E-state index in [4.69, 9.17) is 17.2 Å². The van der Waals surface area contributed by atoms with Gasteiger partial charge in [0.2, 0.25) is 0 Å². The molecule has 2 aromatic heterocycles. The van der Waals surface area contributed by atoms with Crippen LogP contribution in [0.1, 0.15) is 4.88 Å². The molecule has 4 rings (SSSR count). The van der Waals surface area contributed by atoms with Crippen molar-refractivity contribution in [1.82, 2.24) is 10.3 Å². The number of fused-ring (bicyclic) bond motifs is 1. The minimum absolute atomic E-state index is 0.126. The number of hydrogen-bond donors (Lipinski definition) is 1. The van der Waals surface area contributed by atoms with Gasteiger partial charge >= 0.3 is 0 Å². The predicted octanol–water partition coefficient (Wildman–Crippen LogP) is 4.45. The van der Waals surface area contributed by atoms with Crippen LogP contribution in [0.15, 0.2) is 52.7 Å². The second-order valence-electron chi connectivity index (χ2n) is 4.98. The van der Waals surface area contributed by atoms with Gasteiger partial charge in [0.05, 0.1) is 16.1 Å². The molecule has 1 saturated heterocycles. The molecule has 0 spiro atoms. The molecule has 0 atom stereocenters. The molecule has 1 aromatic carbocycles. The van der Waals surface area contributed by atoms with Gasteiger partial charge in [-0.25, -0.2) is 4.98 Å². The Bertz CT molecular complexity index is 975. The van der Waals surface area contributed by atoms with Crippen molar-refractivity contribution in [3.63, 3.8) is 0 Å². The number of para-hydroxylation sites is 1. The molecule has 0 unspecified atom stereocenters. The largest absolute Gasteiger partial charge is 0.307 e. The van der Waals surface area contributed by atoms with Gasteiger partial charge in [-0.05, 0) is 24.3 Å². The summed E-state index contributed by atoms with van der Waals surface area (Å²) in [5, 5.41) is 5.81. The predicted molar refractivity (Wildman–Crippen MR) is 101 cm³/mol. The summed E-state index contributed by atoms with van der Waals surface area (Å²) in [4.78, 5) is 18.1. The topological polar surface area (TPSA) is 42.0 Å². The normalized spacial score (nSPS) is 16.3. The van der Waals surface area contributed by atoms with Gasteiger partial charge in [-0.3, -0.25) is 4.79 Å². The Balaban J connectivity index is 1.68. The van der Waals surface area contributed by atoms with E-state index in [0.29, 0.717) is 9.23 Å². The van der Waals surface area contributed by atoms with Crippen LogP contribution in [0, 0.1) is 0 Å². The standard InChI is InChI=1S/C17H10N2OS3/c20-16-15(23-17(21)19-16)8-12-7-11(9-22-12)14-6-5-10-3-1-2-4-13(10)18-14/h1-9H,(H,19,20,21)/b15-8-. The molecule has 23 heavy (non-hydrogen) atoms. The molecular formula is C17H10N2OS3. The average molecular weight is 354 g/mol. The summed E-state index contributed by atoms with van der Waals surface area (Å²) in [7, 11) is 0. The number of thiocarbonyl (C=S) groups is 1. The van der Waals surface area contributed by atoms with Crippen LogP contribution in [-0.4, -0.2) is 15.2 Å². The Morgan fingerprint density at radius 2 is 2.04 bits per heavy atom. The van der Waals surface area contributed by atoms with Gasteiger partial charge in [0, 0.05) is 21.2 Å². The van der Waals surface area contributed by atoms with Gasteiger partial charge in [0.25, 0.3) is 5.91 Å². The van der Waals surface area contributed by atoms with Crippen LogP contribution in [-0.2, 0) is 4.79 Å². The molecular weight excluding hydrogens is 344 g/mol. The summed E-state index contributed by atoms with van der Waals surface area (Å²) in [5.74, 6) is -0.126. The highest BCUT2D eigenvalue weighted by Gasteiger charge is 2.22. The summed E-state index contributed by atoms with van der Waals surface area (Å²) in [6.45, 7) is 0. The van der Waals surface area contributed by atoms with E-state index in [2.05, 4.69) is 16.8 Å². The molecule has 1 aliphatic rings. The van der Waals surface area contributed by atoms with Crippen LogP contribution in [0.5, 0.6) is 0 Å². The van der Waals surface area contributed by atoms with Gasteiger partial charge in [-0.1, -0.05) is 48.2 Å². The molecule has 0 aliphatic carbocycles. The van der Waals surface area contributed by atoms with Crippen LogP contribution >= 0.6 is 35.3 Å². The minimum atomic E-state index is -0.126. The van der Waals surface area contributed by atoms with E-state index in [-0.39, 0.29) is 5.91 Å². The monoisotopic (exact) mass is 354 g/mol. The van der Waals surface area contributed by atoms with E-state index in [1.165, 1.54) is 11.8 Å². The molecule has 1 amide bonds. The van der Waals surface area contributed by atoms with Crippen molar-refractivity contribution < 1.29 is 4.79 Å². The molecule has 3 aromatic rings. The van der Waals surface area contributed by atoms with Crippen molar-refractivity contribution in [3.8, 4) is 11.3 Å². The number of pyridine rings is 1. The van der Waals surface area contributed by atoms with Gasteiger partial charge in [-0.15, -0.1) is 11.3 Å². The fourth-order valence-electron chi connectivity index (χ4n) is 2.34. The lowest BCUT2D eigenvalue weighted by Crippen LogP contribution is -2.17. The second-order valence-corrected chi connectivity index (χ2v) is 7.64. The third-order valence-electron chi connectivity index (χ3n) is 3.43. The number of benzene rings is 1. The van der Waals surface area contributed by atoms with Crippen molar-refractivity contribution in [2.24, 2.45) is 0 Å². The fourth-order valence-corrected chi connectivity index (χ4v) is 4.28. The molecule has 1 aliphatic heterocycles. The van der Waals surface area contributed by atoms with Gasteiger partial charge in [0.1, 0.15) is 4.32 Å². The lowest BCUT2D eigenvalue weighted by Gasteiger charge is -2.00. The molecule has 0 bridgehead atoms. The molecule has 1 fully saturated rings. The number of aromatic nitrogens is 1. The first kappa shape index (κ1) is 14.6. The molecule has 1 N–H and O–H groups in total. The molecule has 0 radical (unpaired) electrons. The highest BCUT2D eigenvalue weighted by molar-refractivity contribution is 8.26. The fraction of sp³-hybridized carbons (Fsp3) is 0. The average Bonchev–Trinajstić information content (AvgIpc) is 3.14. The Kier molecular flexibility index (Phi) is 3.72. The number of thioether (sulfide) groups is 1. The zero-order valence-corrected chi connectivity index (χ0v) is 14.2. The third kappa shape index (κ3) is 2.93. The van der Waals surface area contributed by atoms with E-state index in [1.54, 1.807) is 11.3 Å². The number of carbonyl (C=O) groups excluding carboxylic acids is 1.